The number of nitrogens with zero attached hydrogens (tertiary/aromatic N) is 1. The van der Waals surface area contributed by atoms with Gasteiger partial charge in [-0.05, 0) is 6.54 Å². The highest BCUT2D eigenvalue weighted by Crippen LogP contribution is 2.13. The van der Waals surface area contributed by atoms with Gasteiger partial charge in [-0.2, -0.15) is 13.2 Å². The lowest BCUT2D eigenvalue weighted by atomic mass is 10.2. The lowest BCUT2D eigenvalue weighted by Crippen LogP contribution is -2.52. The normalized spacial score (nSPS) is 21.1. The number of carboxylic acid groups (broad SMARTS) is 1. The van der Waals surface area contributed by atoms with E-state index in [1.807, 2.05) is 0 Å². The molecular weight excluding hydrogens is 253 g/mol. The highest BCUT2D eigenvalue weighted by Gasteiger charge is 2.38. The molecule has 1 fully saturated rings. The van der Waals surface area contributed by atoms with Crippen molar-refractivity contribution in [2.75, 3.05) is 39.9 Å². The minimum atomic E-state index is -5.08. The van der Waals surface area contributed by atoms with Crippen molar-refractivity contribution in [1.29, 1.82) is 0 Å². The third-order valence-corrected chi connectivity index (χ3v) is 2.48. The predicted octanol–water partition coefficient (Wildman–Crippen LogP) is 0.560. The standard InChI is InChI=1S/C8H18N2O.C2HF3O2/c1-3-10-5-4-9-6-8(10)7-11-2;3-2(4,5)1(6)7/h8-9H,3-7H2,1-2H3;(H,6,7). The van der Waals surface area contributed by atoms with Gasteiger partial charge in [-0.3, -0.25) is 4.90 Å². The van der Waals surface area contributed by atoms with E-state index in [-0.39, 0.29) is 0 Å². The van der Waals surface area contributed by atoms with Crippen molar-refractivity contribution in [3.63, 3.8) is 0 Å². The molecule has 0 radical (unpaired) electrons. The molecule has 1 unspecified atom stereocenters. The topological polar surface area (TPSA) is 61.8 Å². The summed E-state index contributed by atoms with van der Waals surface area (Å²) in [5.41, 5.74) is 0. The Kier molecular flexibility index (Phi) is 7.88. The van der Waals surface area contributed by atoms with Gasteiger partial charge in [0.15, 0.2) is 0 Å². The highest BCUT2D eigenvalue weighted by molar-refractivity contribution is 5.73. The van der Waals surface area contributed by atoms with Crippen LogP contribution in [-0.4, -0.2) is 68.1 Å². The Morgan fingerprint density at radius 1 is 1.56 bits per heavy atom. The molecule has 0 saturated carbocycles. The Morgan fingerprint density at radius 2 is 2.11 bits per heavy atom. The summed E-state index contributed by atoms with van der Waals surface area (Å²) in [6.07, 6.45) is -5.08. The summed E-state index contributed by atoms with van der Waals surface area (Å²) in [4.78, 5) is 11.4. The van der Waals surface area contributed by atoms with Crippen LogP contribution in [0.25, 0.3) is 0 Å². The average molecular weight is 272 g/mol. The lowest BCUT2D eigenvalue weighted by Gasteiger charge is -2.34. The van der Waals surface area contributed by atoms with Gasteiger partial charge in [-0.25, -0.2) is 4.79 Å². The molecule has 0 aromatic carbocycles. The maximum Gasteiger partial charge on any atom is 0.490 e. The van der Waals surface area contributed by atoms with Crippen molar-refractivity contribution in [2.24, 2.45) is 0 Å². The van der Waals surface area contributed by atoms with Gasteiger partial charge >= 0.3 is 12.1 Å². The van der Waals surface area contributed by atoms with Gasteiger partial charge in [0.25, 0.3) is 0 Å². The molecule has 1 aliphatic heterocycles. The zero-order chi connectivity index (χ0) is 14.2. The van der Waals surface area contributed by atoms with Crippen molar-refractivity contribution in [2.45, 2.75) is 19.1 Å². The number of likely N-dealkylation sites (N-methyl/N-ethyl adjacent to an activating group) is 1. The number of carboxylic acids is 1. The summed E-state index contributed by atoms with van der Waals surface area (Å²) >= 11 is 0. The van der Waals surface area contributed by atoms with Crippen LogP contribution in [0.3, 0.4) is 0 Å². The molecule has 1 saturated heterocycles. The quantitative estimate of drug-likeness (QED) is 0.786. The van der Waals surface area contributed by atoms with Crippen LogP contribution < -0.4 is 5.32 Å². The first-order chi connectivity index (χ1) is 8.32. The molecule has 1 heterocycles. The first-order valence-electron chi connectivity index (χ1n) is 5.56. The smallest absolute Gasteiger partial charge is 0.475 e. The molecule has 0 amide bonds. The van der Waals surface area contributed by atoms with Crippen molar-refractivity contribution in [1.82, 2.24) is 10.2 Å². The molecule has 0 aromatic heterocycles. The Labute approximate surface area is 104 Å². The molecule has 0 aliphatic carbocycles. The monoisotopic (exact) mass is 272 g/mol. The van der Waals surface area contributed by atoms with Crippen LogP contribution in [0.1, 0.15) is 6.92 Å². The van der Waals surface area contributed by atoms with Crippen LogP contribution in [0.4, 0.5) is 13.2 Å². The largest absolute Gasteiger partial charge is 0.490 e. The minimum Gasteiger partial charge on any atom is -0.475 e. The number of hydrogen-bond donors (Lipinski definition) is 2. The molecule has 108 valence electrons. The van der Waals surface area contributed by atoms with Crippen molar-refractivity contribution >= 4 is 5.97 Å². The van der Waals surface area contributed by atoms with Crippen LogP contribution in [-0.2, 0) is 9.53 Å². The van der Waals surface area contributed by atoms with Crippen molar-refractivity contribution < 1.29 is 27.8 Å². The van der Waals surface area contributed by atoms with E-state index >= 15 is 0 Å². The van der Waals surface area contributed by atoms with Gasteiger partial charge in [0.2, 0.25) is 0 Å². The second-order valence-electron chi connectivity index (χ2n) is 3.74. The van der Waals surface area contributed by atoms with Gasteiger partial charge in [-0.1, -0.05) is 6.92 Å². The van der Waals surface area contributed by atoms with Crippen LogP contribution in [0.2, 0.25) is 0 Å². The summed E-state index contributed by atoms with van der Waals surface area (Å²) in [6.45, 7) is 7.53. The van der Waals surface area contributed by atoms with Gasteiger partial charge < -0.3 is 15.2 Å². The fraction of sp³-hybridized carbons (Fsp3) is 0.900. The Hall–Kier alpha value is -0.860. The van der Waals surface area contributed by atoms with Gasteiger partial charge in [0.05, 0.1) is 6.61 Å². The SMILES string of the molecule is CCN1CCNCC1COC.O=C(O)C(F)(F)F. The number of hydrogen-bond acceptors (Lipinski definition) is 4. The summed E-state index contributed by atoms with van der Waals surface area (Å²) in [6, 6.07) is 0.582. The molecule has 1 atom stereocenters. The summed E-state index contributed by atoms with van der Waals surface area (Å²) in [7, 11) is 1.77. The van der Waals surface area contributed by atoms with Crippen LogP contribution in [0.15, 0.2) is 0 Å². The van der Waals surface area contributed by atoms with E-state index in [9.17, 15) is 13.2 Å². The number of ether oxygens (including phenoxy) is 1. The van der Waals surface area contributed by atoms with E-state index in [4.69, 9.17) is 14.6 Å². The zero-order valence-corrected chi connectivity index (χ0v) is 10.5. The molecule has 2 N–H and O–H groups in total. The van der Waals surface area contributed by atoms with Gasteiger partial charge in [0, 0.05) is 32.8 Å². The van der Waals surface area contributed by atoms with E-state index < -0.39 is 12.1 Å². The number of methoxy groups -OCH3 is 1. The number of rotatable bonds is 3. The second-order valence-corrected chi connectivity index (χ2v) is 3.74. The molecule has 8 heteroatoms. The lowest BCUT2D eigenvalue weighted by molar-refractivity contribution is -0.192. The first kappa shape index (κ1) is 17.1. The zero-order valence-electron chi connectivity index (χ0n) is 10.5. The van der Waals surface area contributed by atoms with Crippen molar-refractivity contribution in [3.8, 4) is 0 Å². The molecule has 1 rings (SSSR count). The van der Waals surface area contributed by atoms with Gasteiger partial charge in [0.1, 0.15) is 0 Å². The van der Waals surface area contributed by atoms with E-state index in [0.717, 1.165) is 32.8 Å². The Balaban J connectivity index is 0.000000360. The van der Waals surface area contributed by atoms with Crippen LogP contribution >= 0.6 is 0 Å². The molecule has 18 heavy (non-hydrogen) atoms. The minimum absolute atomic E-state index is 0.582. The molecule has 0 spiro atoms. The fourth-order valence-electron chi connectivity index (χ4n) is 1.58. The number of aliphatic carboxylic acids is 1. The maximum atomic E-state index is 10.6. The van der Waals surface area contributed by atoms with Crippen LogP contribution in [0, 0.1) is 0 Å². The Bertz CT molecular complexity index is 247. The summed E-state index contributed by atoms with van der Waals surface area (Å²) in [5, 5.41) is 10.5. The van der Waals surface area contributed by atoms with Gasteiger partial charge in [-0.15, -0.1) is 0 Å². The molecular formula is C10H19F3N2O3. The van der Waals surface area contributed by atoms with E-state index in [1.54, 1.807) is 7.11 Å². The molecule has 1 aliphatic rings. The number of carbonyl (C=O) groups is 1. The summed E-state index contributed by atoms with van der Waals surface area (Å²) < 4.78 is 36.9. The number of piperazine rings is 1. The summed E-state index contributed by atoms with van der Waals surface area (Å²) in [5.74, 6) is -2.76. The Morgan fingerprint density at radius 3 is 2.50 bits per heavy atom. The molecule has 0 bridgehead atoms. The number of alkyl halides is 3. The maximum absolute atomic E-state index is 10.6. The van der Waals surface area contributed by atoms with Crippen molar-refractivity contribution in [3.05, 3.63) is 0 Å². The second kappa shape index (κ2) is 8.28. The van der Waals surface area contributed by atoms with E-state index in [2.05, 4.69) is 17.1 Å². The van der Waals surface area contributed by atoms with E-state index in [0.29, 0.717) is 6.04 Å². The third kappa shape index (κ3) is 6.77. The average Bonchev–Trinajstić information content (AvgIpc) is 2.30. The van der Waals surface area contributed by atoms with Crippen LogP contribution in [0.5, 0.6) is 0 Å². The number of halogens is 3. The predicted molar refractivity (Wildman–Crippen MR) is 59.5 cm³/mol. The highest BCUT2D eigenvalue weighted by atomic mass is 19.4. The third-order valence-electron chi connectivity index (χ3n) is 2.48. The fourth-order valence-corrected chi connectivity index (χ4v) is 1.58. The molecule has 0 aromatic rings. The first-order valence-corrected chi connectivity index (χ1v) is 5.56. The molecule has 5 nitrogen and oxygen atoms in total. The van der Waals surface area contributed by atoms with E-state index in [1.165, 1.54) is 0 Å². The number of nitrogens with one attached hydrogen (secondary N) is 1.